The molecule has 2 aromatic rings. The molecule has 1 aliphatic carbocycles. The summed E-state index contributed by atoms with van der Waals surface area (Å²) in [5.74, 6) is 0.554. The summed E-state index contributed by atoms with van der Waals surface area (Å²) in [6, 6.07) is 11.4. The molecule has 0 saturated heterocycles. The van der Waals surface area contributed by atoms with Gasteiger partial charge in [0.05, 0.1) is 18.6 Å². The van der Waals surface area contributed by atoms with Gasteiger partial charge in [0.25, 0.3) is 0 Å². The molecular formula is C19H21ClN2O2. The Morgan fingerprint density at radius 1 is 1.29 bits per heavy atom. The monoisotopic (exact) mass is 344 g/mol. The van der Waals surface area contributed by atoms with E-state index in [9.17, 15) is 4.79 Å². The van der Waals surface area contributed by atoms with E-state index in [-0.39, 0.29) is 17.7 Å². The van der Waals surface area contributed by atoms with Gasteiger partial charge in [-0.2, -0.15) is 0 Å². The fraction of sp³-hybridized carbons (Fsp3) is 0.368. The van der Waals surface area contributed by atoms with Crippen LogP contribution < -0.4 is 10.1 Å². The summed E-state index contributed by atoms with van der Waals surface area (Å²) in [5, 5.41) is 3.56. The van der Waals surface area contributed by atoms with Crippen LogP contribution in [-0.4, -0.2) is 24.5 Å². The van der Waals surface area contributed by atoms with Crippen molar-refractivity contribution >= 4 is 17.5 Å². The van der Waals surface area contributed by atoms with Gasteiger partial charge in [0.2, 0.25) is 5.91 Å². The lowest BCUT2D eigenvalue weighted by atomic mass is 9.66. The zero-order chi connectivity index (χ0) is 17.0. The molecule has 1 heterocycles. The number of amides is 1. The fourth-order valence-electron chi connectivity index (χ4n) is 3.16. The lowest BCUT2D eigenvalue weighted by Gasteiger charge is -2.41. The van der Waals surface area contributed by atoms with Crippen molar-refractivity contribution in [3.05, 3.63) is 58.9 Å². The Balaban J connectivity index is 1.64. The molecule has 0 spiro atoms. The van der Waals surface area contributed by atoms with E-state index in [1.165, 1.54) is 6.42 Å². The van der Waals surface area contributed by atoms with E-state index in [1.807, 2.05) is 36.5 Å². The Kier molecular flexibility index (Phi) is 5.05. The first-order valence-electron chi connectivity index (χ1n) is 8.14. The minimum absolute atomic E-state index is 0.0188. The highest BCUT2D eigenvalue weighted by Crippen LogP contribution is 2.42. The van der Waals surface area contributed by atoms with Crippen LogP contribution >= 0.6 is 11.6 Å². The van der Waals surface area contributed by atoms with Gasteiger partial charge in [-0.05, 0) is 36.6 Å². The maximum atomic E-state index is 12.4. The molecule has 24 heavy (non-hydrogen) atoms. The van der Waals surface area contributed by atoms with Gasteiger partial charge in [-0.15, -0.1) is 0 Å². The largest absolute Gasteiger partial charge is 0.495 e. The van der Waals surface area contributed by atoms with Crippen molar-refractivity contribution in [3.8, 4) is 5.75 Å². The second kappa shape index (κ2) is 7.22. The number of hydrogen-bond donors (Lipinski definition) is 1. The SMILES string of the molecule is COc1cccc(CC(=O)NCC2(c3ccccn3)CCC2)c1Cl. The van der Waals surface area contributed by atoms with Gasteiger partial charge in [-0.25, -0.2) is 0 Å². The van der Waals surface area contributed by atoms with E-state index in [4.69, 9.17) is 16.3 Å². The number of carbonyl (C=O) groups excluding carboxylic acids is 1. The molecule has 1 amide bonds. The first-order chi connectivity index (χ1) is 11.6. The lowest BCUT2D eigenvalue weighted by Crippen LogP contribution is -2.46. The van der Waals surface area contributed by atoms with Gasteiger partial charge in [-0.3, -0.25) is 9.78 Å². The summed E-state index contributed by atoms with van der Waals surface area (Å²) in [5.41, 5.74) is 1.82. The van der Waals surface area contributed by atoms with Crippen LogP contribution in [0.2, 0.25) is 5.02 Å². The van der Waals surface area contributed by atoms with Crippen LogP contribution in [0.15, 0.2) is 42.6 Å². The van der Waals surface area contributed by atoms with Gasteiger partial charge in [-0.1, -0.05) is 36.2 Å². The average molecular weight is 345 g/mol. The molecule has 126 valence electrons. The standard InChI is InChI=1S/C19H21ClN2O2/c1-24-15-7-4-6-14(18(15)20)12-17(23)22-13-19(9-5-10-19)16-8-2-3-11-21-16/h2-4,6-8,11H,5,9-10,12-13H2,1H3,(H,22,23). The third kappa shape index (κ3) is 3.39. The predicted molar refractivity (Wildman–Crippen MR) is 94.5 cm³/mol. The quantitative estimate of drug-likeness (QED) is 0.872. The number of aromatic nitrogens is 1. The summed E-state index contributed by atoms with van der Waals surface area (Å²) >= 11 is 6.26. The van der Waals surface area contributed by atoms with Crippen molar-refractivity contribution in [2.45, 2.75) is 31.1 Å². The molecule has 5 heteroatoms. The molecule has 0 bridgehead atoms. The van der Waals surface area contributed by atoms with Crippen molar-refractivity contribution in [2.75, 3.05) is 13.7 Å². The molecule has 1 saturated carbocycles. The van der Waals surface area contributed by atoms with Crippen LogP contribution in [0.3, 0.4) is 0 Å². The Hall–Kier alpha value is -2.07. The minimum atomic E-state index is -0.0349. The molecular weight excluding hydrogens is 324 g/mol. The maximum absolute atomic E-state index is 12.4. The zero-order valence-electron chi connectivity index (χ0n) is 13.7. The van der Waals surface area contributed by atoms with E-state index in [0.717, 1.165) is 24.1 Å². The van der Waals surface area contributed by atoms with Crippen LogP contribution in [0, 0.1) is 0 Å². The molecule has 1 aromatic carbocycles. The molecule has 0 unspecified atom stereocenters. The number of methoxy groups -OCH3 is 1. The van der Waals surface area contributed by atoms with E-state index in [0.29, 0.717) is 17.3 Å². The number of rotatable bonds is 6. The van der Waals surface area contributed by atoms with Gasteiger partial charge in [0.1, 0.15) is 5.75 Å². The number of nitrogens with zero attached hydrogens (tertiary/aromatic N) is 1. The van der Waals surface area contributed by atoms with Crippen LogP contribution in [0.1, 0.15) is 30.5 Å². The Bertz CT molecular complexity index is 715. The summed E-state index contributed by atoms with van der Waals surface area (Å²) in [6.45, 7) is 0.616. The zero-order valence-corrected chi connectivity index (χ0v) is 14.5. The maximum Gasteiger partial charge on any atom is 0.224 e. The second-order valence-corrected chi connectivity index (χ2v) is 6.61. The highest BCUT2D eigenvalue weighted by Gasteiger charge is 2.40. The lowest BCUT2D eigenvalue weighted by molar-refractivity contribution is -0.120. The highest BCUT2D eigenvalue weighted by atomic mass is 35.5. The van der Waals surface area contributed by atoms with Crippen molar-refractivity contribution in [1.29, 1.82) is 0 Å². The molecule has 1 N–H and O–H groups in total. The summed E-state index contributed by atoms with van der Waals surface area (Å²) in [6.07, 6.45) is 5.35. The molecule has 1 aliphatic rings. The smallest absolute Gasteiger partial charge is 0.224 e. The fourth-order valence-corrected chi connectivity index (χ4v) is 3.43. The topological polar surface area (TPSA) is 51.2 Å². The Morgan fingerprint density at radius 2 is 2.12 bits per heavy atom. The van der Waals surface area contributed by atoms with Crippen molar-refractivity contribution in [3.63, 3.8) is 0 Å². The number of hydrogen-bond acceptors (Lipinski definition) is 3. The number of benzene rings is 1. The summed E-state index contributed by atoms with van der Waals surface area (Å²) < 4.78 is 5.19. The summed E-state index contributed by atoms with van der Waals surface area (Å²) in [4.78, 5) is 16.8. The molecule has 1 aromatic heterocycles. The van der Waals surface area contributed by atoms with Crippen molar-refractivity contribution < 1.29 is 9.53 Å². The molecule has 1 fully saturated rings. The van der Waals surface area contributed by atoms with Crippen molar-refractivity contribution in [1.82, 2.24) is 10.3 Å². The van der Waals surface area contributed by atoms with E-state index >= 15 is 0 Å². The summed E-state index contributed by atoms with van der Waals surface area (Å²) in [7, 11) is 1.57. The number of nitrogens with one attached hydrogen (secondary N) is 1. The van der Waals surface area contributed by atoms with Crippen LogP contribution in [0.4, 0.5) is 0 Å². The Labute approximate surface area is 147 Å². The molecule has 0 aliphatic heterocycles. The molecule has 0 atom stereocenters. The van der Waals surface area contributed by atoms with Crippen LogP contribution in [0.25, 0.3) is 0 Å². The minimum Gasteiger partial charge on any atom is -0.495 e. The van der Waals surface area contributed by atoms with E-state index in [2.05, 4.69) is 10.3 Å². The third-order valence-electron chi connectivity index (χ3n) is 4.76. The number of pyridine rings is 1. The van der Waals surface area contributed by atoms with Gasteiger partial charge in [0.15, 0.2) is 0 Å². The second-order valence-electron chi connectivity index (χ2n) is 6.24. The van der Waals surface area contributed by atoms with Crippen LogP contribution in [-0.2, 0) is 16.6 Å². The Morgan fingerprint density at radius 3 is 2.75 bits per heavy atom. The number of halogens is 1. The van der Waals surface area contributed by atoms with Crippen LogP contribution in [0.5, 0.6) is 5.75 Å². The van der Waals surface area contributed by atoms with E-state index < -0.39 is 0 Å². The predicted octanol–water partition coefficient (Wildman–Crippen LogP) is 3.52. The molecule has 3 rings (SSSR count). The highest BCUT2D eigenvalue weighted by molar-refractivity contribution is 6.33. The van der Waals surface area contributed by atoms with Crippen molar-refractivity contribution in [2.24, 2.45) is 0 Å². The van der Waals surface area contributed by atoms with Gasteiger partial charge < -0.3 is 10.1 Å². The molecule has 4 nitrogen and oxygen atoms in total. The van der Waals surface area contributed by atoms with Gasteiger partial charge >= 0.3 is 0 Å². The third-order valence-corrected chi connectivity index (χ3v) is 5.19. The van der Waals surface area contributed by atoms with E-state index in [1.54, 1.807) is 13.2 Å². The first kappa shape index (κ1) is 16.8. The normalized spacial score (nSPS) is 15.4. The number of carbonyl (C=O) groups is 1. The van der Waals surface area contributed by atoms with Gasteiger partial charge in [0, 0.05) is 23.9 Å². The molecule has 0 radical (unpaired) electrons. The average Bonchev–Trinajstić information content (AvgIpc) is 2.57. The number of ether oxygens (including phenoxy) is 1. The first-order valence-corrected chi connectivity index (χ1v) is 8.52.